The molecular formula is C104H98N8O4+4. The Kier molecular flexibility index (Phi) is 17.4. The van der Waals surface area contributed by atoms with Gasteiger partial charge in [-0.15, -0.1) is 0 Å². The predicted molar refractivity (Wildman–Crippen MR) is 474 cm³/mol. The third kappa shape index (κ3) is 12.9. The highest BCUT2D eigenvalue weighted by atomic mass is 16.4. The minimum Gasteiger partial charge on any atom is -0.437 e. The molecule has 12 heteroatoms. The maximum atomic E-state index is 9.05. The van der Waals surface area contributed by atoms with Crippen LogP contribution in [0.15, 0.2) is 255 Å². The molecule has 0 aliphatic heterocycles. The molecule has 116 heavy (non-hydrogen) atoms. The molecule has 0 bridgehead atoms. The Morgan fingerprint density at radius 3 is 1.12 bits per heavy atom. The molecule has 0 saturated heterocycles. The third-order valence-electron chi connectivity index (χ3n) is 23.8. The van der Waals surface area contributed by atoms with Gasteiger partial charge in [-0.05, 0) is 215 Å². The monoisotopic (exact) mass is 1530 g/mol. The smallest absolute Gasteiger partial charge is 0.227 e. The van der Waals surface area contributed by atoms with Crippen molar-refractivity contribution < 1.29 is 44.2 Å². The summed E-state index contributed by atoms with van der Waals surface area (Å²) < 4.78 is 83.4. The molecule has 0 spiro atoms. The number of aromatic nitrogens is 8. The normalized spacial score (nSPS) is 14.1. The number of furan rings is 4. The van der Waals surface area contributed by atoms with Gasteiger partial charge in [-0.25, -0.2) is 38.2 Å². The maximum absolute atomic E-state index is 9.05. The number of hydrogen-bond donors (Lipinski definition) is 0. The van der Waals surface area contributed by atoms with Crippen molar-refractivity contribution in [2.24, 2.45) is 34.1 Å². The van der Waals surface area contributed by atoms with Crippen LogP contribution in [0.25, 0.3) is 176 Å². The molecule has 1 aliphatic rings. The Hall–Kier alpha value is -12.8. The number of benzene rings is 8. The zero-order chi connectivity index (χ0) is 85.3. The SMILES string of the molecule is Cc1c(-c2ccc(C(C)(C)C)c[n+]2C)c2oc3ncccc3c2c2ccccc12.[2H]C([2H])([2H])c1c[n+](C)c(-c2c(C)c3ccccc3c3c2oc2ncccc23)cc1C.[2H]C([2H])(c1cc[n+](C)c(-c2c(C)c3ccccc3c3c2oc2ncccc23)c1)C(C)C.[2H]C1(c2ccc(-c3c(C)c4ccccc4c4c3oc3ncccc34)[n+](C)c2)CCCCC1. The van der Waals surface area contributed by atoms with Gasteiger partial charge >= 0.3 is 0 Å². The van der Waals surface area contributed by atoms with Crippen molar-refractivity contribution in [1.29, 1.82) is 0 Å². The lowest BCUT2D eigenvalue weighted by Crippen LogP contribution is -2.33. The number of nitrogens with zero attached hydrogens (tertiary/aromatic N) is 8. The number of fused-ring (bicyclic) bond motifs is 20. The largest absolute Gasteiger partial charge is 0.437 e. The second-order valence-corrected chi connectivity index (χ2v) is 32.7. The van der Waals surface area contributed by atoms with Crippen LogP contribution in [0.4, 0.5) is 0 Å². The highest BCUT2D eigenvalue weighted by Crippen LogP contribution is 2.48. The van der Waals surface area contributed by atoms with Gasteiger partial charge in [0.1, 0.15) is 28.2 Å². The molecule has 0 amide bonds. The number of rotatable bonds is 7. The van der Waals surface area contributed by atoms with Crippen molar-refractivity contribution in [2.45, 2.75) is 126 Å². The molecule has 21 rings (SSSR count). The van der Waals surface area contributed by atoms with Gasteiger partial charge in [-0.1, -0.05) is 151 Å². The highest BCUT2D eigenvalue weighted by Gasteiger charge is 2.32. The zero-order valence-corrected chi connectivity index (χ0v) is 68.3. The summed E-state index contributed by atoms with van der Waals surface area (Å²) in [5, 5.41) is 17.9. The number of aryl methyl sites for hydroxylation is 10. The summed E-state index contributed by atoms with van der Waals surface area (Å²) in [5.74, 6) is -0.604. The molecule has 12 heterocycles. The summed E-state index contributed by atoms with van der Waals surface area (Å²) in [7, 11) is 8.08. The van der Waals surface area contributed by atoms with Crippen LogP contribution in [-0.2, 0) is 40.0 Å². The Bertz CT molecular complexity index is 7630. The third-order valence-corrected chi connectivity index (χ3v) is 23.8. The minimum absolute atomic E-state index is 0.104. The lowest BCUT2D eigenvalue weighted by atomic mass is 9.84. The molecule has 1 fully saturated rings. The average Bonchev–Trinajstić information content (AvgIpc) is 1.55. The molecule has 0 atom stereocenters. The van der Waals surface area contributed by atoms with Crippen LogP contribution >= 0.6 is 0 Å². The molecule has 1 aliphatic carbocycles. The summed E-state index contributed by atoms with van der Waals surface area (Å²) in [6.45, 7) is 18.8. The first-order valence-corrected chi connectivity index (χ1v) is 40.3. The molecule has 0 N–H and O–H groups in total. The minimum atomic E-state index is -2.16. The van der Waals surface area contributed by atoms with Gasteiger partial charge in [0.25, 0.3) is 0 Å². The van der Waals surface area contributed by atoms with Gasteiger partial charge in [0.05, 0.1) is 22.3 Å². The van der Waals surface area contributed by atoms with Crippen molar-refractivity contribution in [3.8, 4) is 45.0 Å². The van der Waals surface area contributed by atoms with E-state index in [0.717, 1.165) is 180 Å². The van der Waals surface area contributed by atoms with Gasteiger partial charge in [0.2, 0.25) is 45.6 Å². The van der Waals surface area contributed by atoms with Crippen LogP contribution in [0.2, 0.25) is 0 Å². The molecule has 0 radical (unpaired) electrons. The molecule has 0 unspecified atom stereocenters. The number of pyridine rings is 8. The van der Waals surface area contributed by atoms with Crippen molar-refractivity contribution in [3.63, 3.8) is 0 Å². The standard InChI is InChI=1S/C28H27N2O.2C26H25N2O.C24H21N2O/c1-18-21-11-6-7-12-22(21)26-23-13-8-16-29-28(23)31-27(26)25(18)24-15-14-20(17-30(24)2)19-9-4-3-5-10-19;1-16-18-9-6-7-10-19(18)23-20-11-8-14-27-25(20)29-24(23)22(16)21-13-12-17(15-28(21)5)26(2,3)4;1-16(2)14-18-11-13-28(4)22(15-18)23-17(3)19-8-5-6-9-20(19)24-21-10-7-12-27-26(21)29-25(23)24;1-14-12-20(26(4)13-15(14)2)21-16(3)17-8-5-6-9-18(17)22-19-10-7-11-25-24(19)27-23(21)22/h6-8,11-17,19H,3-5,9-10H2,1-2H3;6-15H,1-5H3;5-13,15-16H,14H2,1-4H3;5-13H,1-4H3/q4*+1/i19D;;14D2;2D3. The lowest BCUT2D eigenvalue weighted by molar-refractivity contribution is -0.661. The van der Waals surface area contributed by atoms with Crippen LogP contribution in [-0.4, -0.2) is 19.9 Å². The van der Waals surface area contributed by atoms with Crippen molar-refractivity contribution in [1.82, 2.24) is 19.9 Å². The van der Waals surface area contributed by atoms with Crippen LogP contribution in [0.5, 0.6) is 0 Å². The molecule has 12 aromatic heterocycles. The van der Waals surface area contributed by atoms with Crippen molar-refractivity contribution in [2.75, 3.05) is 0 Å². The van der Waals surface area contributed by atoms with Gasteiger partial charge in [0, 0.05) is 123 Å². The predicted octanol–water partition coefficient (Wildman–Crippen LogP) is 24.9. The number of hydrogen-bond acceptors (Lipinski definition) is 8. The van der Waals surface area contributed by atoms with E-state index in [1.54, 1.807) is 31.0 Å². The fraction of sp³-hybridized carbons (Fsp3) is 0.231. The summed E-state index contributed by atoms with van der Waals surface area (Å²) in [4.78, 5) is 17.9. The van der Waals surface area contributed by atoms with Crippen LogP contribution in [0.1, 0.15) is 131 Å². The zero-order valence-electron chi connectivity index (χ0n) is 74.3. The average molecular weight is 1530 g/mol. The van der Waals surface area contributed by atoms with E-state index in [1.807, 2.05) is 123 Å². The van der Waals surface area contributed by atoms with E-state index in [-0.39, 0.29) is 11.3 Å². The van der Waals surface area contributed by atoms with Gasteiger partial charge < -0.3 is 17.7 Å². The Morgan fingerprint density at radius 1 is 0.397 bits per heavy atom. The first-order chi connectivity index (χ1) is 58.5. The first-order valence-electron chi connectivity index (χ1n) is 43.3. The summed E-state index contributed by atoms with van der Waals surface area (Å²) >= 11 is 0. The Labute approximate surface area is 684 Å². The van der Waals surface area contributed by atoms with E-state index in [4.69, 9.17) is 25.9 Å². The quantitative estimate of drug-likeness (QED) is 0.145. The van der Waals surface area contributed by atoms with Gasteiger partial charge in [0.15, 0.2) is 47.1 Å². The molecule has 1 saturated carbocycles. The van der Waals surface area contributed by atoms with Gasteiger partial charge in [-0.3, -0.25) is 0 Å². The fourth-order valence-electron chi connectivity index (χ4n) is 18.0. The first kappa shape index (κ1) is 67.7. The molecule has 20 aromatic rings. The summed E-state index contributed by atoms with van der Waals surface area (Å²) in [6.07, 6.45) is 19.1. The molecule has 574 valence electrons. The van der Waals surface area contributed by atoms with Crippen molar-refractivity contribution >= 4 is 131 Å². The second-order valence-electron chi connectivity index (χ2n) is 32.7. The van der Waals surface area contributed by atoms with E-state index < -0.39 is 19.1 Å². The fourth-order valence-corrected chi connectivity index (χ4v) is 18.0. The molecular weight excluding hydrogens is 1430 g/mol. The van der Waals surface area contributed by atoms with E-state index >= 15 is 0 Å². The van der Waals surface area contributed by atoms with E-state index in [0.29, 0.717) is 34.0 Å². The van der Waals surface area contributed by atoms with Crippen LogP contribution < -0.4 is 18.3 Å². The van der Waals surface area contributed by atoms with E-state index in [1.165, 1.54) is 44.7 Å². The van der Waals surface area contributed by atoms with Gasteiger partial charge in [-0.2, -0.15) is 0 Å². The highest BCUT2D eigenvalue weighted by molar-refractivity contribution is 6.26. The lowest BCUT2D eigenvalue weighted by Gasteiger charge is -2.21. The summed E-state index contributed by atoms with van der Waals surface area (Å²) in [6, 6.07) is 64.4. The van der Waals surface area contributed by atoms with Crippen molar-refractivity contribution in [3.05, 3.63) is 288 Å². The Morgan fingerprint density at radius 2 is 0.750 bits per heavy atom. The van der Waals surface area contributed by atoms with E-state index in [9.17, 15) is 0 Å². The molecule has 12 nitrogen and oxygen atoms in total. The second kappa shape index (κ2) is 29.9. The maximum Gasteiger partial charge on any atom is 0.227 e. The topological polar surface area (TPSA) is 120 Å². The Balaban J connectivity index is 0.000000111. The summed E-state index contributed by atoms with van der Waals surface area (Å²) in [5.41, 5.74) is 23.1. The van der Waals surface area contributed by atoms with Crippen LogP contribution in [0.3, 0.4) is 0 Å². The van der Waals surface area contributed by atoms with E-state index in [2.05, 4.69) is 219 Å². The van der Waals surface area contributed by atoms with Crippen LogP contribution in [0, 0.1) is 47.4 Å². The molecule has 8 aromatic carbocycles.